The molecule has 1 aromatic carbocycles. The fourth-order valence-corrected chi connectivity index (χ4v) is 6.31. The molecule has 1 atom stereocenters. The molecule has 11 nitrogen and oxygen atoms in total. The first kappa shape index (κ1) is 30.6. The molecule has 0 aliphatic carbocycles. The lowest BCUT2D eigenvalue weighted by molar-refractivity contribution is -0.274. The molecule has 0 saturated carbocycles. The maximum Gasteiger partial charge on any atom is 0.573 e. The summed E-state index contributed by atoms with van der Waals surface area (Å²) < 4.78 is 43.1. The SMILES string of the molecule is Cc1cc(OC(F)(F)F)cc(-c2nc(NC(=O)c3cnc(N4CCC(O)(C(=O)O)CC4)cn3)sc2CN2CCC[C@H]2C)c1. The molecule has 2 aromatic heterocycles. The van der Waals surface area contributed by atoms with Crippen molar-refractivity contribution in [2.45, 2.75) is 64.1 Å². The van der Waals surface area contributed by atoms with Gasteiger partial charge in [0.15, 0.2) is 10.7 Å². The van der Waals surface area contributed by atoms with Gasteiger partial charge >= 0.3 is 12.3 Å². The molecule has 3 aromatic rings. The average molecular weight is 621 g/mol. The molecular weight excluding hydrogens is 589 g/mol. The normalized spacial score (nSPS) is 18.9. The number of piperidine rings is 1. The maximum absolute atomic E-state index is 13.1. The number of halogens is 3. The molecule has 0 spiro atoms. The number of carboxylic acid groups (broad SMARTS) is 1. The minimum atomic E-state index is -4.84. The van der Waals surface area contributed by atoms with Crippen molar-refractivity contribution >= 4 is 34.2 Å². The fraction of sp³-hybridized carbons (Fsp3) is 0.464. The number of nitrogens with zero attached hydrogens (tertiary/aromatic N) is 5. The van der Waals surface area contributed by atoms with Crippen molar-refractivity contribution in [2.24, 2.45) is 0 Å². The molecule has 2 fully saturated rings. The molecule has 2 aliphatic rings. The number of hydrogen-bond donors (Lipinski definition) is 3. The lowest BCUT2D eigenvalue weighted by Crippen LogP contribution is -2.49. The van der Waals surface area contributed by atoms with Gasteiger partial charge in [-0.1, -0.05) is 11.3 Å². The first-order valence-electron chi connectivity index (χ1n) is 13.8. The van der Waals surface area contributed by atoms with E-state index in [4.69, 9.17) is 0 Å². The van der Waals surface area contributed by atoms with Crippen molar-refractivity contribution in [3.8, 4) is 17.0 Å². The highest BCUT2D eigenvalue weighted by molar-refractivity contribution is 7.16. The summed E-state index contributed by atoms with van der Waals surface area (Å²) >= 11 is 1.24. The Morgan fingerprint density at radius 3 is 2.51 bits per heavy atom. The lowest BCUT2D eigenvalue weighted by Gasteiger charge is -2.35. The topological polar surface area (TPSA) is 141 Å². The molecular formula is C28H31F3N6O5S. The van der Waals surface area contributed by atoms with E-state index < -0.39 is 23.8 Å². The van der Waals surface area contributed by atoms with Gasteiger partial charge in [-0.05, 0) is 57.0 Å². The summed E-state index contributed by atoms with van der Waals surface area (Å²) in [5.41, 5.74) is -0.285. The Bertz CT molecular complexity index is 1490. The second kappa shape index (κ2) is 12.1. The Balaban J connectivity index is 1.35. The largest absolute Gasteiger partial charge is 0.573 e. The Kier molecular flexibility index (Phi) is 8.58. The van der Waals surface area contributed by atoms with Crippen molar-refractivity contribution in [1.29, 1.82) is 0 Å². The Morgan fingerprint density at radius 2 is 1.91 bits per heavy atom. The molecule has 1 amide bonds. The van der Waals surface area contributed by atoms with Gasteiger partial charge in [0, 0.05) is 49.0 Å². The number of benzene rings is 1. The van der Waals surface area contributed by atoms with E-state index >= 15 is 0 Å². The summed E-state index contributed by atoms with van der Waals surface area (Å²) in [6.07, 6.45) is 0.00189. The third-order valence-corrected chi connectivity index (χ3v) is 8.65. The van der Waals surface area contributed by atoms with Crippen LogP contribution in [0.1, 0.15) is 53.5 Å². The van der Waals surface area contributed by atoms with E-state index in [-0.39, 0.29) is 42.5 Å². The summed E-state index contributed by atoms with van der Waals surface area (Å²) in [5, 5.41) is 22.4. The standard InChI is InChI=1S/C28H31F3N6O5S/c1-16-10-18(12-19(11-16)42-28(29,30)31)23-21(15-37-7-3-4-17(37)2)43-26(34-23)35-24(38)20-13-33-22(14-32-20)36-8-5-27(41,6-9-36)25(39)40/h10-14,17,41H,3-9,15H2,1-2H3,(H,39,40)(H,34,35,38)/t17-/m1/s1. The van der Waals surface area contributed by atoms with E-state index in [1.807, 2.05) is 0 Å². The summed E-state index contributed by atoms with van der Waals surface area (Å²) in [6, 6.07) is 4.65. The van der Waals surface area contributed by atoms with Crippen LogP contribution in [0.4, 0.5) is 24.1 Å². The molecule has 2 saturated heterocycles. The van der Waals surface area contributed by atoms with Gasteiger partial charge in [0.05, 0.1) is 18.1 Å². The Morgan fingerprint density at radius 1 is 1.16 bits per heavy atom. The van der Waals surface area contributed by atoms with E-state index in [9.17, 15) is 33.0 Å². The number of aryl methyl sites for hydroxylation is 1. The van der Waals surface area contributed by atoms with Crippen LogP contribution >= 0.6 is 11.3 Å². The van der Waals surface area contributed by atoms with Crippen LogP contribution in [0.3, 0.4) is 0 Å². The van der Waals surface area contributed by atoms with Gasteiger partial charge in [-0.3, -0.25) is 15.0 Å². The number of amides is 1. The lowest BCUT2D eigenvalue weighted by atomic mass is 9.92. The molecule has 3 N–H and O–H groups in total. The number of aliphatic carboxylic acids is 1. The van der Waals surface area contributed by atoms with Gasteiger partial charge in [-0.25, -0.2) is 19.7 Å². The minimum absolute atomic E-state index is 0.0192. The number of ether oxygens (including phenoxy) is 1. The number of carbonyl (C=O) groups excluding carboxylic acids is 1. The van der Waals surface area contributed by atoms with Crippen LogP contribution in [0.25, 0.3) is 11.3 Å². The predicted molar refractivity (Wildman–Crippen MR) is 152 cm³/mol. The van der Waals surface area contributed by atoms with Crippen molar-refractivity contribution in [3.05, 3.63) is 46.7 Å². The van der Waals surface area contributed by atoms with Crippen LogP contribution in [0.15, 0.2) is 30.6 Å². The molecule has 0 bridgehead atoms. The first-order chi connectivity index (χ1) is 20.3. The molecule has 15 heteroatoms. The molecule has 43 heavy (non-hydrogen) atoms. The molecule has 0 radical (unpaired) electrons. The van der Waals surface area contributed by atoms with E-state index in [2.05, 4.69) is 36.8 Å². The number of alkyl halides is 3. The van der Waals surface area contributed by atoms with Crippen molar-refractivity contribution in [2.75, 3.05) is 29.9 Å². The predicted octanol–water partition coefficient (Wildman–Crippen LogP) is 4.46. The summed E-state index contributed by atoms with van der Waals surface area (Å²) in [4.78, 5) is 42.3. The second-order valence-corrected chi connectivity index (χ2v) is 12.0. The zero-order valence-electron chi connectivity index (χ0n) is 23.5. The second-order valence-electron chi connectivity index (χ2n) is 10.9. The number of thiazole rings is 1. The van der Waals surface area contributed by atoms with Gasteiger partial charge in [-0.15, -0.1) is 13.2 Å². The van der Waals surface area contributed by atoms with Crippen molar-refractivity contribution < 1.29 is 37.7 Å². The van der Waals surface area contributed by atoms with Gasteiger partial charge in [0.25, 0.3) is 5.91 Å². The van der Waals surface area contributed by atoms with Gasteiger partial charge in [-0.2, -0.15) is 0 Å². The highest BCUT2D eigenvalue weighted by Gasteiger charge is 2.39. The van der Waals surface area contributed by atoms with Gasteiger partial charge in [0.1, 0.15) is 17.3 Å². The molecule has 5 rings (SSSR count). The van der Waals surface area contributed by atoms with Crippen LogP contribution in [-0.4, -0.2) is 79.6 Å². The van der Waals surface area contributed by atoms with E-state index in [1.54, 1.807) is 17.9 Å². The number of likely N-dealkylation sites (tertiary alicyclic amines) is 1. The van der Waals surface area contributed by atoms with Crippen LogP contribution in [0, 0.1) is 6.92 Å². The number of hydrogen-bond acceptors (Lipinski definition) is 10. The van der Waals surface area contributed by atoms with Crippen molar-refractivity contribution in [3.63, 3.8) is 0 Å². The van der Waals surface area contributed by atoms with Gasteiger partial charge in [0.2, 0.25) is 0 Å². The number of anilines is 2. The van der Waals surface area contributed by atoms with Crippen LogP contribution in [0.5, 0.6) is 5.75 Å². The quantitative estimate of drug-likeness (QED) is 0.331. The van der Waals surface area contributed by atoms with Crippen LogP contribution in [-0.2, 0) is 11.3 Å². The number of aromatic nitrogens is 3. The molecule has 4 heterocycles. The first-order valence-corrected chi connectivity index (χ1v) is 14.6. The number of carboxylic acids is 1. The van der Waals surface area contributed by atoms with E-state index in [1.165, 1.54) is 35.9 Å². The number of aliphatic hydroxyl groups is 1. The number of carbonyl (C=O) groups is 2. The minimum Gasteiger partial charge on any atom is -0.479 e. The number of nitrogens with one attached hydrogen (secondary N) is 1. The van der Waals surface area contributed by atoms with Crippen LogP contribution in [0.2, 0.25) is 0 Å². The molecule has 0 unspecified atom stereocenters. The van der Waals surface area contributed by atoms with Crippen molar-refractivity contribution in [1.82, 2.24) is 19.9 Å². The summed E-state index contributed by atoms with van der Waals surface area (Å²) in [7, 11) is 0. The zero-order valence-corrected chi connectivity index (χ0v) is 24.3. The highest BCUT2D eigenvalue weighted by Crippen LogP contribution is 2.37. The summed E-state index contributed by atoms with van der Waals surface area (Å²) in [5.74, 6) is -1.73. The van der Waals surface area contributed by atoms with Crippen LogP contribution < -0.4 is 15.0 Å². The van der Waals surface area contributed by atoms with E-state index in [0.29, 0.717) is 35.2 Å². The third-order valence-electron chi connectivity index (χ3n) is 7.70. The molecule has 2 aliphatic heterocycles. The van der Waals surface area contributed by atoms with E-state index in [0.717, 1.165) is 24.3 Å². The maximum atomic E-state index is 13.1. The smallest absolute Gasteiger partial charge is 0.479 e. The monoisotopic (exact) mass is 620 g/mol. The fourth-order valence-electron chi connectivity index (χ4n) is 5.31. The third kappa shape index (κ3) is 7.22. The summed E-state index contributed by atoms with van der Waals surface area (Å²) in [6.45, 7) is 5.72. The zero-order chi connectivity index (χ0) is 30.9. The highest BCUT2D eigenvalue weighted by atomic mass is 32.1. The Labute approximate surface area is 249 Å². The molecule has 230 valence electrons. The Hall–Kier alpha value is -3.82. The average Bonchev–Trinajstić information content (AvgIpc) is 3.53. The van der Waals surface area contributed by atoms with Gasteiger partial charge < -0.3 is 19.8 Å². The number of rotatable bonds is 8.